The summed E-state index contributed by atoms with van der Waals surface area (Å²) >= 11 is 4.16. The molecule has 19 heavy (non-hydrogen) atoms. The molecule has 0 aliphatic rings. The van der Waals surface area contributed by atoms with Gasteiger partial charge in [-0.05, 0) is 37.1 Å². The van der Waals surface area contributed by atoms with Gasteiger partial charge in [-0.3, -0.25) is 0 Å². The largest absolute Gasteiger partial charge is 0.497 e. The number of rotatable bonds is 9. The van der Waals surface area contributed by atoms with E-state index in [1.54, 1.807) is 7.11 Å². The average Bonchev–Trinajstić information content (AvgIpc) is 2.43. The van der Waals surface area contributed by atoms with E-state index in [9.17, 15) is 0 Å². The van der Waals surface area contributed by atoms with Crippen LogP contribution in [0.5, 0.6) is 11.5 Å². The first kappa shape index (κ1) is 18.4. The zero-order valence-electron chi connectivity index (χ0n) is 11.4. The minimum Gasteiger partial charge on any atom is -0.497 e. The summed E-state index contributed by atoms with van der Waals surface area (Å²) in [6, 6.07) is 7.89. The van der Waals surface area contributed by atoms with Crippen LogP contribution in [0.25, 0.3) is 0 Å². The van der Waals surface area contributed by atoms with Gasteiger partial charge < -0.3 is 15.2 Å². The molecule has 0 heterocycles. The number of methoxy groups -OCH3 is 1. The third kappa shape index (κ3) is 8.24. The second-order valence-corrected chi connectivity index (χ2v) is 4.68. The molecular weight excluding hydrogens is 282 g/mol. The highest BCUT2D eigenvalue weighted by atomic mass is 35.5. The molecule has 3 nitrogen and oxygen atoms in total. The molecule has 0 fully saturated rings. The van der Waals surface area contributed by atoms with Crippen molar-refractivity contribution in [2.75, 3.05) is 19.5 Å². The van der Waals surface area contributed by atoms with Gasteiger partial charge in [-0.15, -0.1) is 12.4 Å². The molecule has 110 valence electrons. The first-order valence-corrected chi connectivity index (χ1v) is 7.03. The van der Waals surface area contributed by atoms with E-state index in [1.807, 2.05) is 24.3 Å². The van der Waals surface area contributed by atoms with Crippen LogP contribution in [0.4, 0.5) is 0 Å². The van der Waals surface area contributed by atoms with E-state index < -0.39 is 0 Å². The molecule has 5 heteroatoms. The van der Waals surface area contributed by atoms with Gasteiger partial charge in [0.15, 0.2) is 0 Å². The number of benzene rings is 1. The van der Waals surface area contributed by atoms with E-state index in [4.69, 9.17) is 15.2 Å². The Hall–Kier alpha value is -0.580. The first-order valence-electron chi connectivity index (χ1n) is 6.39. The van der Waals surface area contributed by atoms with Crippen LogP contribution in [0, 0.1) is 0 Å². The molecule has 0 saturated heterocycles. The number of hydrogen-bond donors (Lipinski definition) is 2. The van der Waals surface area contributed by atoms with Crippen LogP contribution in [0.3, 0.4) is 0 Å². The molecule has 0 aromatic heterocycles. The summed E-state index contributed by atoms with van der Waals surface area (Å²) in [5, 5.41) is 0. The fourth-order valence-electron chi connectivity index (χ4n) is 1.64. The molecule has 0 aliphatic carbocycles. The van der Waals surface area contributed by atoms with Crippen molar-refractivity contribution in [3.05, 3.63) is 24.3 Å². The molecule has 0 saturated carbocycles. The van der Waals surface area contributed by atoms with Gasteiger partial charge in [0, 0.05) is 11.8 Å². The highest BCUT2D eigenvalue weighted by Gasteiger charge is 1.99. The van der Waals surface area contributed by atoms with Crippen LogP contribution in [-0.4, -0.2) is 25.5 Å². The zero-order chi connectivity index (χ0) is 13.2. The Bertz CT molecular complexity index is 322. The van der Waals surface area contributed by atoms with Gasteiger partial charge in [0.25, 0.3) is 0 Å². The Morgan fingerprint density at radius 2 is 1.74 bits per heavy atom. The second-order valence-electron chi connectivity index (χ2n) is 4.32. The first-order chi connectivity index (χ1) is 8.76. The fourth-order valence-corrected chi connectivity index (χ4v) is 1.82. The number of hydrogen-bond acceptors (Lipinski definition) is 4. The average molecular weight is 306 g/mol. The van der Waals surface area contributed by atoms with Crippen molar-refractivity contribution in [2.24, 2.45) is 5.73 Å². The van der Waals surface area contributed by atoms with Crippen molar-refractivity contribution in [3.8, 4) is 11.5 Å². The molecule has 1 aromatic rings. The molecule has 2 N–H and O–H groups in total. The van der Waals surface area contributed by atoms with Gasteiger partial charge in [-0.1, -0.05) is 12.8 Å². The van der Waals surface area contributed by atoms with Crippen molar-refractivity contribution in [3.63, 3.8) is 0 Å². The Morgan fingerprint density at radius 3 is 2.32 bits per heavy atom. The van der Waals surface area contributed by atoms with Crippen LogP contribution in [0.1, 0.15) is 25.7 Å². The number of ether oxygens (including phenoxy) is 2. The maximum atomic E-state index is 5.79. The standard InChI is InChI=1S/C14H23NO2S.ClH/c1-16-13-6-8-14(9-7-13)17-10-4-2-3-5-12(15)11-18;/h6-9,12,18H,2-5,10-11,15H2,1H3;1H. The number of thiol groups is 1. The van der Waals surface area contributed by atoms with Crippen LogP contribution < -0.4 is 15.2 Å². The summed E-state index contributed by atoms with van der Waals surface area (Å²) in [6.45, 7) is 0.752. The van der Waals surface area contributed by atoms with Gasteiger partial charge >= 0.3 is 0 Å². The maximum absolute atomic E-state index is 5.79. The fraction of sp³-hybridized carbons (Fsp3) is 0.571. The molecule has 0 bridgehead atoms. The minimum absolute atomic E-state index is 0. The van der Waals surface area contributed by atoms with Crippen molar-refractivity contribution in [1.82, 2.24) is 0 Å². The summed E-state index contributed by atoms with van der Waals surface area (Å²) in [5.41, 5.74) is 5.79. The van der Waals surface area contributed by atoms with Crippen molar-refractivity contribution in [1.29, 1.82) is 0 Å². The number of nitrogens with two attached hydrogens (primary N) is 1. The highest BCUT2D eigenvalue weighted by molar-refractivity contribution is 7.80. The molecule has 0 amide bonds. The van der Waals surface area contributed by atoms with E-state index in [1.165, 1.54) is 0 Å². The molecular formula is C14H24ClNO2S. The van der Waals surface area contributed by atoms with Gasteiger partial charge in [-0.2, -0.15) is 12.6 Å². The van der Waals surface area contributed by atoms with E-state index in [-0.39, 0.29) is 18.4 Å². The van der Waals surface area contributed by atoms with Gasteiger partial charge in [0.05, 0.1) is 13.7 Å². The summed E-state index contributed by atoms with van der Waals surface area (Å²) in [7, 11) is 1.66. The Labute approximate surface area is 127 Å². The van der Waals surface area contributed by atoms with Crippen LogP contribution in [0.15, 0.2) is 24.3 Å². The topological polar surface area (TPSA) is 44.5 Å². The molecule has 1 aromatic carbocycles. The lowest BCUT2D eigenvalue weighted by molar-refractivity contribution is 0.303. The van der Waals surface area contributed by atoms with Crippen LogP contribution in [0.2, 0.25) is 0 Å². The molecule has 0 spiro atoms. The molecule has 0 radical (unpaired) electrons. The molecule has 1 atom stereocenters. The summed E-state index contributed by atoms with van der Waals surface area (Å²) < 4.78 is 10.7. The van der Waals surface area contributed by atoms with Gasteiger partial charge in [0.2, 0.25) is 0 Å². The quantitative estimate of drug-likeness (QED) is 0.543. The lowest BCUT2D eigenvalue weighted by atomic mass is 10.1. The van der Waals surface area contributed by atoms with Crippen LogP contribution in [-0.2, 0) is 0 Å². The number of unbranched alkanes of at least 4 members (excludes halogenated alkanes) is 2. The van der Waals surface area contributed by atoms with Crippen molar-refractivity contribution >= 4 is 25.0 Å². The van der Waals surface area contributed by atoms with E-state index in [0.29, 0.717) is 0 Å². The van der Waals surface area contributed by atoms with Crippen molar-refractivity contribution in [2.45, 2.75) is 31.7 Å². The molecule has 1 unspecified atom stereocenters. The SMILES string of the molecule is COc1ccc(OCCCCCC(N)CS)cc1.Cl. The third-order valence-electron chi connectivity index (χ3n) is 2.78. The van der Waals surface area contributed by atoms with E-state index in [2.05, 4.69) is 12.6 Å². The summed E-state index contributed by atoms with van der Waals surface area (Å²) in [5.74, 6) is 2.51. The monoisotopic (exact) mass is 305 g/mol. The van der Waals surface area contributed by atoms with E-state index >= 15 is 0 Å². The normalized spacial score (nSPS) is 11.5. The second kappa shape index (κ2) is 11.3. The third-order valence-corrected chi connectivity index (χ3v) is 3.25. The van der Waals surface area contributed by atoms with Crippen molar-refractivity contribution < 1.29 is 9.47 Å². The molecule has 1 rings (SSSR count). The Kier molecular flexibility index (Phi) is 10.9. The highest BCUT2D eigenvalue weighted by Crippen LogP contribution is 2.17. The van der Waals surface area contributed by atoms with E-state index in [0.717, 1.165) is 49.5 Å². The summed E-state index contributed by atoms with van der Waals surface area (Å²) in [4.78, 5) is 0. The lowest BCUT2D eigenvalue weighted by Gasteiger charge is -2.09. The van der Waals surface area contributed by atoms with Crippen LogP contribution >= 0.6 is 25.0 Å². The Morgan fingerprint density at radius 1 is 1.11 bits per heavy atom. The predicted molar refractivity (Wildman–Crippen MR) is 86.0 cm³/mol. The van der Waals surface area contributed by atoms with Gasteiger partial charge in [-0.25, -0.2) is 0 Å². The Balaban J connectivity index is 0.00000324. The maximum Gasteiger partial charge on any atom is 0.119 e. The minimum atomic E-state index is 0. The molecule has 0 aliphatic heterocycles. The smallest absolute Gasteiger partial charge is 0.119 e. The lowest BCUT2D eigenvalue weighted by Crippen LogP contribution is -2.21. The predicted octanol–water partition coefficient (Wildman–Crippen LogP) is 3.31. The number of halogens is 1. The summed E-state index contributed by atoms with van der Waals surface area (Å²) in [6.07, 6.45) is 4.41. The zero-order valence-corrected chi connectivity index (χ0v) is 13.1. The van der Waals surface area contributed by atoms with Gasteiger partial charge in [0.1, 0.15) is 11.5 Å².